The number of hydrogen-bond donors (Lipinski definition) is 0. The van der Waals surface area contributed by atoms with E-state index in [-0.39, 0.29) is 0 Å². The second-order valence-corrected chi connectivity index (χ2v) is 12.4. The topological polar surface area (TPSA) is 274 Å². The van der Waals surface area contributed by atoms with Crippen molar-refractivity contribution < 1.29 is 105 Å². The van der Waals surface area contributed by atoms with E-state index in [1.165, 1.54) is 0 Å². The Hall–Kier alpha value is -5.19. The van der Waals surface area contributed by atoms with E-state index >= 15 is 0 Å². The average Bonchev–Trinajstić information content (AvgIpc) is 3.06. The average molecular weight is 805 g/mol. The van der Waals surface area contributed by atoms with Crippen molar-refractivity contribution in [1.29, 1.82) is 0 Å². The molecule has 56 heavy (non-hydrogen) atoms. The van der Waals surface area contributed by atoms with Crippen molar-refractivity contribution in [2.24, 2.45) is 0 Å². The molecule has 0 aliphatic carbocycles. The Morgan fingerprint density at radius 2 is 0.857 bits per heavy atom. The molecular weight excluding hydrogens is 760 g/mol. The Morgan fingerprint density at radius 3 is 1.27 bits per heavy atom. The van der Waals surface area contributed by atoms with E-state index < -0.39 is 147 Å². The van der Waals surface area contributed by atoms with Gasteiger partial charge in [-0.2, -0.15) is 0 Å². The van der Waals surface area contributed by atoms with Gasteiger partial charge in [0.25, 0.3) is 0 Å². The van der Waals surface area contributed by atoms with E-state index in [4.69, 9.17) is 61.6 Å². The monoisotopic (exact) mass is 804 g/mol. The molecule has 3 aliphatic heterocycles. The fourth-order valence-electron chi connectivity index (χ4n) is 5.79. The van der Waals surface area contributed by atoms with Crippen LogP contribution in [-0.2, 0) is 105 Å². The molecular formula is C34H44O22. The predicted octanol–water partition coefficient (Wildman–Crippen LogP) is -0.964. The molecule has 3 heterocycles. The Bertz CT molecular complexity index is 1520. The molecule has 0 aromatic heterocycles. The molecule has 0 saturated carbocycles. The number of esters is 8. The maximum Gasteiger partial charge on any atom is 0.303 e. The van der Waals surface area contributed by atoms with Gasteiger partial charge in [0.1, 0.15) is 25.4 Å². The fraction of sp³-hybridized carbons (Fsp3) is 0.676. The molecule has 312 valence electrons. The minimum atomic E-state index is -1.80. The van der Waals surface area contributed by atoms with Gasteiger partial charge in [0.15, 0.2) is 67.2 Å². The van der Waals surface area contributed by atoms with Gasteiger partial charge in [-0.05, 0) is 0 Å². The maximum absolute atomic E-state index is 13.4. The van der Waals surface area contributed by atoms with Crippen LogP contribution in [0.25, 0.3) is 0 Å². The Balaban J connectivity index is 1.99. The van der Waals surface area contributed by atoms with Crippen molar-refractivity contribution in [3.05, 3.63) is 12.3 Å². The highest BCUT2D eigenvalue weighted by atomic mass is 16.8. The summed E-state index contributed by atoms with van der Waals surface area (Å²) in [5.74, 6) is -7.62. The van der Waals surface area contributed by atoms with Gasteiger partial charge in [0.05, 0.1) is 12.9 Å². The summed E-state index contributed by atoms with van der Waals surface area (Å²) in [4.78, 5) is 110. The molecule has 0 amide bonds. The van der Waals surface area contributed by atoms with Gasteiger partial charge in [0.2, 0.25) is 0 Å². The van der Waals surface area contributed by atoms with Crippen LogP contribution < -0.4 is 0 Å². The zero-order chi connectivity index (χ0) is 41.9. The highest BCUT2D eigenvalue weighted by Crippen LogP contribution is 2.33. The lowest BCUT2D eigenvalue weighted by atomic mass is 9.97. The first-order valence-corrected chi connectivity index (χ1v) is 17.0. The molecule has 0 aromatic rings. The van der Waals surface area contributed by atoms with Gasteiger partial charge in [0, 0.05) is 61.5 Å². The van der Waals surface area contributed by atoms with E-state index in [9.17, 15) is 43.2 Å². The maximum atomic E-state index is 13.4. The van der Waals surface area contributed by atoms with Crippen molar-refractivity contribution in [1.82, 2.24) is 0 Å². The van der Waals surface area contributed by atoms with Crippen LogP contribution in [0.3, 0.4) is 0 Å². The third-order valence-corrected chi connectivity index (χ3v) is 7.71. The zero-order valence-corrected chi connectivity index (χ0v) is 31.7. The summed E-state index contributed by atoms with van der Waals surface area (Å²) in [5.41, 5.74) is 0. The molecule has 0 spiro atoms. The van der Waals surface area contributed by atoms with E-state index in [2.05, 4.69) is 0 Å². The van der Waals surface area contributed by atoms with Crippen LogP contribution in [0, 0.1) is 0 Å². The summed E-state index contributed by atoms with van der Waals surface area (Å²) in [5, 5.41) is 0. The van der Waals surface area contributed by atoms with Crippen LogP contribution in [0.1, 0.15) is 55.4 Å². The first-order chi connectivity index (χ1) is 26.3. The van der Waals surface area contributed by atoms with E-state index in [0.29, 0.717) is 0 Å². The summed E-state index contributed by atoms with van der Waals surface area (Å²) in [6.45, 7) is 6.59. The predicted molar refractivity (Wildman–Crippen MR) is 174 cm³/mol. The summed E-state index contributed by atoms with van der Waals surface area (Å²) in [6, 6.07) is 0. The lowest BCUT2D eigenvalue weighted by Crippen LogP contribution is -2.64. The number of carbonyl (C=O) groups is 9. The number of hydrogen-bond acceptors (Lipinski definition) is 22. The van der Waals surface area contributed by atoms with Crippen LogP contribution in [0.5, 0.6) is 0 Å². The van der Waals surface area contributed by atoms with Crippen LogP contribution in [0.2, 0.25) is 0 Å². The molecule has 2 saturated heterocycles. The van der Waals surface area contributed by atoms with Gasteiger partial charge in [-0.15, -0.1) is 0 Å². The first-order valence-electron chi connectivity index (χ1n) is 17.0. The Labute approximate surface area is 319 Å². The molecule has 0 unspecified atom stereocenters. The Morgan fingerprint density at radius 1 is 0.482 bits per heavy atom. The SMILES string of the molecule is CC(=O)OC[C@H]1O[C@@H](OC[C@@H]2OC=CC(=O)[C@@H]2O[C@@H]2O[C@H](COC(C)=O)[C@@H](OC(C)=O)[C@H](OC(C)=O)[C@H]2OC(C)=O)[C@H](OC(C)=O)[C@@H](OC(C)=O)[C@@H]1OC(C)=O. The molecule has 0 N–H and O–H groups in total. The van der Waals surface area contributed by atoms with Crippen molar-refractivity contribution in [3.63, 3.8) is 0 Å². The van der Waals surface area contributed by atoms with Gasteiger partial charge in [-0.1, -0.05) is 0 Å². The number of ether oxygens (including phenoxy) is 13. The number of carbonyl (C=O) groups excluding carboxylic acids is 9. The molecule has 0 bridgehead atoms. The largest absolute Gasteiger partial charge is 0.492 e. The van der Waals surface area contributed by atoms with Gasteiger partial charge >= 0.3 is 47.8 Å². The van der Waals surface area contributed by atoms with Crippen LogP contribution in [0.4, 0.5) is 0 Å². The summed E-state index contributed by atoms with van der Waals surface area (Å²) in [6.07, 6.45) is -16.8. The molecule has 2 fully saturated rings. The lowest BCUT2D eigenvalue weighted by Gasteiger charge is -2.45. The minimum Gasteiger partial charge on any atom is -0.492 e. The summed E-state index contributed by atoms with van der Waals surface area (Å²) < 4.78 is 72.0. The first kappa shape index (κ1) is 45.2. The van der Waals surface area contributed by atoms with Gasteiger partial charge in [-0.25, -0.2) is 0 Å². The molecule has 22 nitrogen and oxygen atoms in total. The quantitative estimate of drug-likeness (QED) is 0.142. The van der Waals surface area contributed by atoms with E-state index in [0.717, 1.165) is 67.7 Å². The highest BCUT2D eigenvalue weighted by Gasteiger charge is 2.56. The van der Waals surface area contributed by atoms with Crippen LogP contribution >= 0.6 is 0 Å². The molecule has 12 atom stereocenters. The van der Waals surface area contributed by atoms with Gasteiger partial charge < -0.3 is 61.6 Å². The lowest BCUT2D eigenvalue weighted by molar-refractivity contribution is -0.326. The minimum absolute atomic E-state index is 0.548. The normalized spacial score (nSPS) is 31.0. The number of rotatable bonds is 15. The van der Waals surface area contributed by atoms with E-state index in [1.807, 2.05) is 0 Å². The van der Waals surface area contributed by atoms with Crippen molar-refractivity contribution in [3.8, 4) is 0 Å². The van der Waals surface area contributed by atoms with Gasteiger partial charge in [-0.3, -0.25) is 43.2 Å². The zero-order valence-electron chi connectivity index (χ0n) is 31.7. The van der Waals surface area contributed by atoms with Crippen LogP contribution in [0.15, 0.2) is 12.3 Å². The standard InChI is InChI=1S/C34H44O22/c1-14(35)45-12-24-27(48-16(3)37)29(50-18(5)39)31(52-20(7)41)33(54-24)47-11-23-26(22(43)9-10-44-23)56-34-32(53-21(8)42)30(51-19(6)40)28(49-17(4)38)25(55-34)13-46-15(2)36/h9-10,23-34H,11-13H2,1-8H3/t23-,24+,25+,26-,27+,28+,29-,30-,31+,32+,33+,34-/m0/s1. The summed E-state index contributed by atoms with van der Waals surface area (Å²) >= 11 is 0. The molecule has 0 radical (unpaired) electrons. The second kappa shape index (κ2) is 20.6. The Kier molecular flexibility index (Phi) is 16.7. The highest BCUT2D eigenvalue weighted by molar-refractivity contribution is 5.94. The molecule has 3 rings (SSSR count). The molecule has 3 aliphatic rings. The second-order valence-electron chi connectivity index (χ2n) is 12.4. The van der Waals surface area contributed by atoms with E-state index in [1.54, 1.807) is 0 Å². The van der Waals surface area contributed by atoms with Crippen molar-refractivity contribution in [2.45, 2.75) is 129 Å². The van der Waals surface area contributed by atoms with Crippen molar-refractivity contribution >= 4 is 53.5 Å². The number of ketones is 1. The summed E-state index contributed by atoms with van der Waals surface area (Å²) in [7, 11) is 0. The third-order valence-electron chi connectivity index (χ3n) is 7.71. The smallest absolute Gasteiger partial charge is 0.303 e. The van der Waals surface area contributed by atoms with Crippen molar-refractivity contribution in [2.75, 3.05) is 19.8 Å². The molecule has 22 heteroatoms. The molecule has 0 aromatic carbocycles. The van der Waals surface area contributed by atoms with Crippen LogP contribution in [-0.4, -0.2) is 147 Å². The third kappa shape index (κ3) is 13.2. The fourth-order valence-corrected chi connectivity index (χ4v) is 5.79.